The first kappa shape index (κ1) is 30.7. The molecule has 5 N–H and O–H groups in total. The third-order valence-corrected chi connectivity index (χ3v) is 9.43. The number of nitrogens with two attached hydrogens (primary N) is 1. The Bertz CT molecular complexity index is 863. The summed E-state index contributed by atoms with van der Waals surface area (Å²) in [5.74, 6) is 2.89. The summed E-state index contributed by atoms with van der Waals surface area (Å²) in [4.78, 5) is 19.2. The average Bonchev–Trinajstić information content (AvgIpc) is 3.02. The van der Waals surface area contributed by atoms with Crippen LogP contribution in [0.1, 0.15) is 51.4 Å². The normalized spacial score (nSPS) is 22.8. The van der Waals surface area contributed by atoms with Gasteiger partial charge in [-0.2, -0.15) is 9.97 Å². The fourth-order valence-corrected chi connectivity index (χ4v) is 6.67. The lowest BCUT2D eigenvalue weighted by Gasteiger charge is -2.37. The highest BCUT2D eigenvalue weighted by Crippen LogP contribution is 2.20. The van der Waals surface area contributed by atoms with Gasteiger partial charge in [0.2, 0.25) is 5.95 Å². The summed E-state index contributed by atoms with van der Waals surface area (Å²) in [6.07, 6.45) is 10.7. The maximum absolute atomic E-state index is 6.20. The molecule has 1 aromatic heterocycles. The molecule has 0 atom stereocenters. The van der Waals surface area contributed by atoms with Crippen molar-refractivity contribution in [2.75, 3.05) is 121 Å². The van der Waals surface area contributed by atoms with Gasteiger partial charge in [0.15, 0.2) is 0 Å². The van der Waals surface area contributed by atoms with Crippen LogP contribution in [0.4, 0.5) is 17.6 Å². The summed E-state index contributed by atoms with van der Waals surface area (Å²) in [6.45, 7) is 16.6. The van der Waals surface area contributed by atoms with Crippen molar-refractivity contribution in [3.8, 4) is 0 Å². The topological polar surface area (TPSA) is 110 Å². The van der Waals surface area contributed by atoms with E-state index in [1.165, 1.54) is 51.4 Å². The highest BCUT2D eigenvalue weighted by molar-refractivity contribution is 5.51. The number of piperidine rings is 1. The van der Waals surface area contributed by atoms with Crippen LogP contribution >= 0.6 is 0 Å². The Morgan fingerprint density at radius 3 is 2.29 bits per heavy atom. The molecule has 4 aliphatic rings. The van der Waals surface area contributed by atoms with Crippen LogP contribution in [0.5, 0.6) is 0 Å². The number of morpholine rings is 1. The quantitative estimate of drug-likeness (QED) is 0.244. The molecule has 0 aromatic carbocycles. The van der Waals surface area contributed by atoms with E-state index in [9.17, 15) is 0 Å². The van der Waals surface area contributed by atoms with Gasteiger partial charge in [0, 0.05) is 77.6 Å². The molecule has 0 spiro atoms. The van der Waals surface area contributed by atoms with Gasteiger partial charge in [-0.15, -0.1) is 0 Å². The number of nitrogens with zero attached hydrogens (tertiary/aromatic N) is 6. The Labute approximate surface area is 247 Å². The lowest BCUT2D eigenvalue weighted by atomic mass is 9.95. The molecule has 3 saturated heterocycles. The Morgan fingerprint density at radius 1 is 0.805 bits per heavy atom. The maximum atomic E-state index is 6.20. The third kappa shape index (κ3) is 10.5. The first-order valence-corrected chi connectivity index (χ1v) is 16.5. The molecule has 4 heterocycles. The van der Waals surface area contributed by atoms with Crippen LogP contribution in [-0.4, -0.2) is 136 Å². The number of hydrogen-bond acceptors (Lipinski definition) is 11. The Balaban J connectivity index is 0.939. The summed E-state index contributed by atoms with van der Waals surface area (Å²) < 4.78 is 5.47. The standard InChI is InChI=1S/C30H56N10O/c31-28-23-29(40-17-15-37(16-18-40)13-14-38-19-21-41-22-20-38)36-30(35-28)34-25-39-11-7-26(8-12-39)24-32-9-4-10-33-27-5-2-1-3-6-27/h23,26-27,32-33H,1-22,24-25H2,(H3,31,34,35,36). The number of ether oxygens (including phenoxy) is 1. The van der Waals surface area contributed by atoms with E-state index < -0.39 is 0 Å². The minimum absolute atomic E-state index is 0.533. The van der Waals surface area contributed by atoms with E-state index >= 15 is 0 Å². The van der Waals surface area contributed by atoms with Crippen LogP contribution in [0, 0.1) is 5.92 Å². The minimum Gasteiger partial charge on any atom is -0.383 e. The van der Waals surface area contributed by atoms with Gasteiger partial charge in [0.1, 0.15) is 11.6 Å². The number of anilines is 3. The van der Waals surface area contributed by atoms with Gasteiger partial charge >= 0.3 is 0 Å². The van der Waals surface area contributed by atoms with Crippen molar-refractivity contribution in [1.29, 1.82) is 0 Å². The molecule has 5 rings (SSSR count). The number of hydrogen-bond donors (Lipinski definition) is 4. The van der Waals surface area contributed by atoms with Crippen molar-refractivity contribution >= 4 is 17.6 Å². The zero-order valence-electron chi connectivity index (χ0n) is 25.4. The molecule has 11 nitrogen and oxygen atoms in total. The van der Waals surface area contributed by atoms with E-state index in [1.54, 1.807) is 0 Å². The number of rotatable bonds is 14. The zero-order valence-corrected chi connectivity index (χ0v) is 25.4. The number of nitrogens with one attached hydrogen (secondary N) is 3. The smallest absolute Gasteiger partial charge is 0.227 e. The molecule has 232 valence electrons. The predicted octanol–water partition coefficient (Wildman–Crippen LogP) is 1.50. The molecule has 0 bridgehead atoms. The molecule has 4 fully saturated rings. The van der Waals surface area contributed by atoms with Crippen LogP contribution in [0.2, 0.25) is 0 Å². The van der Waals surface area contributed by atoms with Crippen molar-refractivity contribution in [3.05, 3.63) is 6.07 Å². The summed E-state index contributed by atoms with van der Waals surface area (Å²) in [7, 11) is 0. The first-order chi connectivity index (χ1) is 20.2. The van der Waals surface area contributed by atoms with Crippen molar-refractivity contribution in [1.82, 2.24) is 35.3 Å². The lowest BCUT2D eigenvalue weighted by Crippen LogP contribution is -2.49. The zero-order chi connectivity index (χ0) is 28.1. The fraction of sp³-hybridized carbons (Fsp3) is 0.867. The second-order valence-electron chi connectivity index (χ2n) is 12.5. The molecular weight excluding hydrogens is 516 g/mol. The van der Waals surface area contributed by atoms with E-state index in [2.05, 4.69) is 40.5 Å². The highest BCUT2D eigenvalue weighted by atomic mass is 16.5. The lowest BCUT2D eigenvalue weighted by molar-refractivity contribution is 0.0331. The van der Waals surface area contributed by atoms with Gasteiger partial charge in [-0.25, -0.2) is 0 Å². The van der Waals surface area contributed by atoms with E-state index in [0.29, 0.717) is 11.8 Å². The van der Waals surface area contributed by atoms with Gasteiger partial charge in [-0.3, -0.25) is 14.7 Å². The van der Waals surface area contributed by atoms with E-state index in [4.69, 9.17) is 15.5 Å². The summed E-state index contributed by atoms with van der Waals surface area (Å²) in [6, 6.07) is 2.69. The third-order valence-electron chi connectivity index (χ3n) is 9.43. The van der Waals surface area contributed by atoms with Gasteiger partial charge in [0.25, 0.3) is 0 Å². The van der Waals surface area contributed by atoms with Gasteiger partial charge < -0.3 is 31.3 Å². The van der Waals surface area contributed by atoms with Crippen LogP contribution < -0.4 is 26.6 Å². The van der Waals surface area contributed by atoms with Crippen LogP contribution in [0.25, 0.3) is 0 Å². The molecule has 1 aliphatic carbocycles. The van der Waals surface area contributed by atoms with Crippen molar-refractivity contribution in [2.24, 2.45) is 5.92 Å². The molecule has 1 aromatic rings. The largest absolute Gasteiger partial charge is 0.383 e. The van der Waals surface area contributed by atoms with E-state index in [-0.39, 0.29) is 0 Å². The van der Waals surface area contributed by atoms with Gasteiger partial charge in [-0.1, -0.05) is 19.3 Å². The molecule has 0 amide bonds. The van der Waals surface area contributed by atoms with Crippen molar-refractivity contribution in [2.45, 2.75) is 57.4 Å². The SMILES string of the molecule is Nc1cc(N2CCN(CCN3CCOCC3)CC2)nc(NCN2CCC(CNCCCNC3CCCCC3)CC2)n1. The summed E-state index contributed by atoms with van der Waals surface area (Å²) >= 11 is 0. The molecule has 3 aliphatic heterocycles. The Hall–Kier alpha value is -1.76. The predicted molar refractivity (Wildman–Crippen MR) is 168 cm³/mol. The highest BCUT2D eigenvalue weighted by Gasteiger charge is 2.22. The molecule has 11 heteroatoms. The van der Waals surface area contributed by atoms with E-state index in [0.717, 1.165) is 123 Å². The number of nitrogen functional groups attached to an aromatic ring is 1. The molecule has 41 heavy (non-hydrogen) atoms. The number of likely N-dealkylation sites (tertiary alicyclic amines) is 1. The van der Waals surface area contributed by atoms with Crippen LogP contribution in [-0.2, 0) is 4.74 Å². The van der Waals surface area contributed by atoms with Crippen LogP contribution in [0.3, 0.4) is 0 Å². The Morgan fingerprint density at radius 2 is 1.54 bits per heavy atom. The summed E-state index contributed by atoms with van der Waals surface area (Å²) in [5.41, 5.74) is 6.20. The average molecular weight is 573 g/mol. The second-order valence-corrected chi connectivity index (χ2v) is 12.5. The second kappa shape index (κ2) is 16.8. The maximum Gasteiger partial charge on any atom is 0.227 e. The number of aromatic nitrogens is 2. The monoisotopic (exact) mass is 572 g/mol. The molecule has 0 radical (unpaired) electrons. The minimum atomic E-state index is 0.533. The molecule has 0 unspecified atom stereocenters. The first-order valence-electron chi connectivity index (χ1n) is 16.5. The Kier molecular flexibility index (Phi) is 12.6. The van der Waals surface area contributed by atoms with Gasteiger partial charge in [0.05, 0.1) is 19.9 Å². The van der Waals surface area contributed by atoms with E-state index in [1.807, 2.05) is 6.07 Å². The van der Waals surface area contributed by atoms with Crippen molar-refractivity contribution < 1.29 is 4.74 Å². The molecular formula is C30H56N10O. The molecule has 1 saturated carbocycles. The summed E-state index contributed by atoms with van der Waals surface area (Å²) in [5, 5.41) is 10.9. The van der Waals surface area contributed by atoms with Crippen LogP contribution in [0.15, 0.2) is 6.07 Å². The van der Waals surface area contributed by atoms with Gasteiger partial charge in [-0.05, 0) is 57.7 Å². The van der Waals surface area contributed by atoms with Crippen molar-refractivity contribution in [3.63, 3.8) is 0 Å². The fourth-order valence-electron chi connectivity index (χ4n) is 6.67. The number of piperazine rings is 1.